The summed E-state index contributed by atoms with van der Waals surface area (Å²) in [7, 11) is 0. The van der Waals surface area contributed by atoms with Gasteiger partial charge in [0.1, 0.15) is 0 Å². The molecule has 2 aromatic rings. The molecule has 0 aliphatic heterocycles. The summed E-state index contributed by atoms with van der Waals surface area (Å²) in [5, 5.41) is 0. The normalized spacial score (nSPS) is 7.71. The fraction of sp³-hybridized carbons (Fsp3) is 0.167. The minimum Gasteiger partial charge on any atom is -0.214 e. The van der Waals surface area contributed by atoms with Crippen LogP contribution in [0.4, 0.5) is 0 Å². The molecule has 2 aromatic carbocycles. The standard InChI is InChI=1S/2C5H5.C2H6Si.Ti/c2*1-2-4-5-3-1;1-3-2;/h2*1-5H;1-2H3;/q2*-1;;+2. The van der Waals surface area contributed by atoms with Crippen molar-refractivity contribution in [2.75, 3.05) is 0 Å². The maximum absolute atomic E-state index is 2.27. The van der Waals surface area contributed by atoms with Crippen molar-refractivity contribution in [1.82, 2.24) is 0 Å². The van der Waals surface area contributed by atoms with Crippen LogP contribution >= 0.6 is 0 Å². The molecule has 0 nitrogen and oxygen atoms in total. The van der Waals surface area contributed by atoms with E-state index >= 15 is 0 Å². The van der Waals surface area contributed by atoms with Crippen molar-refractivity contribution in [3.63, 3.8) is 0 Å². The van der Waals surface area contributed by atoms with Gasteiger partial charge in [0.05, 0.1) is 0 Å². The van der Waals surface area contributed by atoms with Gasteiger partial charge in [-0.2, -0.15) is 36.4 Å². The minimum absolute atomic E-state index is 0.120. The van der Waals surface area contributed by atoms with Gasteiger partial charge in [-0.1, -0.05) is 0 Å². The molecule has 0 atom stereocenters. The second-order valence-electron chi connectivity index (χ2n) is 2.92. The van der Waals surface area contributed by atoms with E-state index in [1.165, 1.54) is 0 Å². The summed E-state index contributed by atoms with van der Waals surface area (Å²) in [5.74, 6) is 0. The Labute approximate surface area is 98.9 Å². The van der Waals surface area contributed by atoms with E-state index in [-0.39, 0.29) is 6.19 Å². The maximum atomic E-state index is 2.27. The van der Waals surface area contributed by atoms with Gasteiger partial charge in [-0.25, -0.2) is 24.3 Å². The Morgan fingerprint density at radius 2 is 1.00 bits per heavy atom. The monoisotopic (exact) mass is 236 g/mol. The van der Waals surface area contributed by atoms with Gasteiger partial charge in [0.15, 0.2) is 0 Å². The third-order valence-electron chi connectivity index (χ3n) is 1.11. The van der Waals surface area contributed by atoms with Gasteiger partial charge in [0.2, 0.25) is 0 Å². The first-order chi connectivity index (χ1) is 6.73. The summed E-state index contributed by atoms with van der Waals surface area (Å²) in [6.45, 7) is 4.54. The predicted molar refractivity (Wildman–Crippen MR) is 61.6 cm³/mol. The average molecular weight is 236 g/mol. The zero-order valence-electron chi connectivity index (χ0n) is 8.77. The van der Waals surface area contributed by atoms with E-state index in [1.807, 2.05) is 60.7 Å². The van der Waals surface area contributed by atoms with E-state index in [1.54, 1.807) is 0 Å². The van der Waals surface area contributed by atoms with Crippen molar-refractivity contribution in [2.24, 2.45) is 0 Å². The molecule has 72 valence electrons. The van der Waals surface area contributed by atoms with Crippen LogP contribution in [0.2, 0.25) is 13.1 Å². The van der Waals surface area contributed by atoms with E-state index in [4.69, 9.17) is 0 Å². The largest absolute Gasteiger partial charge is 0.214 e. The van der Waals surface area contributed by atoms with Crippen molar-refractivity contribution in [1.29, 1.82) is 0 Å². The van der Waals surface area contributed by atoms with E-state index in [9.17, 15) is 0 Å². The molecule has 0 saturated carbocycles. The Kier molecular flexibility index (Phi) is 10.4. The van der Waals surface area contributed by atoms with Gasteiger partial charge in [-0.3, -0.25) is 0 Å². The summed E-state index contributed by atoms with van der Waals surface area (Å²) in [6.07, 6.45) is 0.120. The third kappa shape index (κ3) is 14.2. The van der Waals surface area contributed by atoms with E-state index in [0.717, 1.165) is 0 Å². The van der Waals surface area contributed by atoms with Crippen LogP contribution < -0.4 is 0 Å². The quantitative estimate of drug-likeness (QED) is 0.484. The molecule has 0 N–H and O–H groups in total. The molecule has 2 rings (SSSR count). The number of hydrogen-bond donors (Lipinski definition) is 0. The first-order valence-corrected chi connectivity index (χ1v) is 9.43. The SMILES string of the molecule is C[Si](C)=[Ti+2].c1cc[cH-]c1.c1cc[cH-]c1. The summed E-state index contributed by atoms with van der Waals surface area (Å²) >= 11 is 2.27. The summed E-state index contributed by atoms with van der Waals surface area (Å²) in [5.41, 5.74) is 0. The topological polar surface area (TPSA) is 0 Å². The number of hydrogen-bond acceptors (Lipinski definition) is 0. The summed E-state index contributed by atoms with van der Waals surface area (Å²) in [6, 6.07) is 20.0. The van der Waals surface area contributed by atoms with Crippen LogP contribution in [0.1, 0.15) is 0 Å². The molecular formula is C12H16SiTi. The van der Waals surface area contributed by atoms with Crippen LogP contribution in [-0.4, -0.2) is 6.19 Å². The summed E-state index contributed by atoms with van der Waals surface area (Å²) < 4.78 is 0. The van der Waals surface area contributed by atoms with Gasteiger partial charge >= 0.3 is 38.5 Å². The van der Waals surface area contributed by atoms with E-state index in [0.29, 0.717) is 0 Å². The van der Waals surface area contributed by atoms with Crippen molar-refractivity contribution in [3.8, 4) is 0 Å². The molecule has 0 spiro atoms. The molecule has 0 aliphatic rings. The molecule has 0 aliphatic carbocycles. The Hall–Kier alpha value is -0.369. The molecule has 2 heteroatoms. The zero-order valence-corrected chi connectivity index (χ0v) is 11.3. The van der Waals surface area contributed by atoms with Gasteiger partial charge in [0.25, 0.3) is 0 Å². The first-order valence-electron chi connectivity index (χ1n) is 4.58. The smallest absolute Gasteiger partial charge is 0.172 e. The first kappa shape index (κ1) is 13.6. The zero-order chi connectivity index (χ0) is 10.6. The average Bonchev–Trinajstić information content (AvgIpc) is 2.83. The van der Waals surface area contributed by atoms with Crippen LogP contribution in [0.25, 0.3) is 0 Å². The van der Waals surface area contributed by atoms with Crippen LogP contribution in [0.3, 0.4) is 0 Å². The molecule has 0 heterocycles. The van der Waals surface area contributed by atoms with Gasteiger partial charge < -0.3 is 0 Å². The van der Waals surface area contributed by atoms with Gasteiger partial charge in [0, 0.05) is 0 Å². The Bertz CT molecular complexity index is 217. The molecule has 0 radical (unpaired) electrons. The molecule has 0 bridgehead atoms. The summed E-state index contributed by atoms with van der Waals surface area (Å²) in [4.78, 5) is 0. The van der Waals surface area contributed by atoms with Crippen molar-refractivity contribution in [3.05, 3.63) is 60.7 Å². The van der Waals surface area contributed by atoms with Crippen LogP contribution in [0.5, 0.6) is 0 Å². The van der Waals surface area contributed by atoms with Crippen LogP contribution in [0.15, 0.2) is 60.7 Å². The Balaban J connectivity index is 0.000000183. The van der Waals surface area contributed by atoms with Gasteiger partial charge in [-0.15, -0.1) is 0 Å². The fourth-order valence-corrected chi connectivity index (χ4v) is 0.642. The fourth-order valence-electron chi connectivity index (χ4n) is 0.642. The molecular weight excluding hydrogens is 220 g/mol. The second kappa shape index (κ2) is 10.7. The molecule has 0 saturated heterocycles. The van der Waals surface area contributed by atoms with Crippen LogP contribution in [0, 0.1) is 0 Å². The molecule has 0 fully saturated rings. The van der Waals surface area contributed by atoms with Crippen molar-refractivity contribution < 1.29 is 19.2 Å². The molecule has 0 aromatic heterocycles. The van der Waals surface area contributed by atoms with Gasteiger partial charge in [-0.05, 0) is 0 Å². The van der Waals surface area contributed by atoms with E-state index < -0.39 is 0 Å². The van der Waals surface area contributed by atoms with Crippen LogP contribution in [-0.2, 0) is 19.2 Å². The van der Waals surface area contributed by atoms with Crippen molar-refractivity contribution >= 4 is 6.19 Å². The molecule has 0 unspecified atom stereocenters. The number of rotatable bonds is 0. The van der Waals surface area contributed by atoms with Crippen molar-refractivity contribution in [2.45, 2.75) is 13.1 Å². The third-order valence-corrected chi connectivity index (χ3v) is 1.11. The minimum atomic E-state index is 0.120. The van der Waals surface area contributed by atoms with E-state index in [2.05, 4.69) is 32.3 Å². The maximum Gasteiger partial charge on any atom is -0.172 e. The molecule has 0 amide bonds. The second-order valence-corrected chi connectivity index (χ2v) is 9.61. The molecule has 14 heavy (non-hydrogen) atoms. The Morgan fingerprint density at radius 1 is 0.786 bits per heavy atom. The Morgan fingerprint density at radius 3 is 1.07 bits per heavy atom. The predicted octanol–water partition coefficient (Wildman–Crippen LogP) is 3.60.